The lowest BCUT2D eigenvalue weighted by Crippen LogP contribution is -2.48. The second-order valence-corrected chi connectivity index (χ2v) is 6.20. The fraction of sp³-hybridized carbons (Fsp3) is 0.529. The average Bonchev–Trinajstić information content (AvgIpc) is 2.54. The van der Waals surface area contributed by atoms with Crippen molar-refractivity contribution >= 4 is 11.9 Å². The highest BCUT2D eigenvalue weighted by Crippen LogP contribution is 2.30. The Kier molecular flexibility index (Phi) is 6.27. The number of ether oxygens (including phenoxy) is 1. The molecule has 0 aromatic heterocycles. The van der Waals surface area contributed by atoms with Crippen molar-refractivity contribution in [3.8, 4) is 5.75 Å². The molecular weight excluding hydrogens is 337 g/mol. The number of imide groups is 1. The molecule has 1 aliphatic rings. The first-order valence-corrected chi connectivity index (χ1v) is 8.16. The van der Waals surface area contributed by atoms with Crippen LogP contribution in [0.4, 0.5) is 18.0 Å². The Morgan fingerprint density at radius 1 is 1.16 bits per heavy atom. The van der Waals surface area contributed by atoms with Crippen molar-refractivity contribution in [2.24, 2.45) is 5.92 Å². The van der Waals surface area contributed by atoms with Crippen molar-refractivity contribution < 1.29 is 27.5 Å². The van der Waals surface area contributed by atoms with E-state index in [4.69, 9.17) is 4.74 Å². The van der Waals surface area contributed by atoms with Crippen molar-refractivity contribution in [3.05, 3.63) is 29.8 Å². The lowest BCUT2D eigenvalue weighted by atomic mass is 9.86. The molecule has 1 aliphatic carbocycles. The molecule has 0 bridgehead atoms. The molecule has 1 saturated carbocycles. The first-order chi connectivity index (χ1) is 11.8. The molecule has 5 nitrogen and oxygen atoms in total. The van der Waals surface area contributed by atoms with Gasteiger partial charge in [0.25, 0.3) is 5.91 Å². The second-order valence-electron chi connectivity index (χ2n) is 6.20. The molecule has 1 aromatic carbocycles. The summed E-state index contributed by atoms with van der Waals surface area (Å²) in [5, 5.41) is 4.93. The van der Waals surface area contributed by atoms with Crippen LogP contribution in [0.25, 0.3) is 0 Å². The van der Waals surface area contributed by atoms with Gasteiger partial charge >= 0.3 is 12.2 Å². The molecule has 0 unspecified atom stereocenters. The van der Waals surface area contributed by atoms with Crippen LogP contribution in [0.2, 0.25) is 0 Å². The predicted octanol–water partition coefficient (Wildman–Crippen LogP) is 3.49. The number of carbonyl (C=O) groups excluding carboxylic acids is 2. The van der Waals surface area contributed by atoms with E-state index >= 15 is 0 Å². The van der Waals surface area contributed by atoms with Gasteiger partial charge in [-0.05, 0) is 43.0 Å². The number of amides is 3. The van der Waals surface area contributed by atoms with Gasteiger partial charge in [-0.25, -0.2) is 4.79 Å². The minimum absolute atomic E-state index is 0.0392. The molecule has 2 rings (SSSR count). The van der Waals surface area contributed by atoms with Crippen LogP contribution in [-0.2, 0) is 11.0 Å². The Hall–Kier alpha value is -2.25. The third-order valence-electron chi connectivity index (χ3n) is 4.23. The van der Waals surface area contributed by atoms with E-state index in [9.17, 15) is 22.8 Å². The van der Waals surface area contributed by atoms with Gasteiger partial charge in [-0.1, -0.05) is 19.8 Å². The normalized spacial score (nSPS) is 20.6. The summed E-state index contributed by atoms with van der Waals surface area (Å²) >= 11 is 0. The van der Waals surface area contributed by atoms with Gasteiger partial charge in [-0.3, -0.25) is 10.1 Å². The van der Waals surface area contributed by atoms with Gasteiger partial charge in [0.05, 0.1) is 5.56 Å². The first kappa shape index (κ1) is 19.1. The van der Waals surface area contributed by atoms with Gasteiger partial charge in [-0.15, -0.1) is 0 Å². The first-order valence-electron chi connectivity index (χ1n) is 8.16. The Morgan fingerprint density at radius 3 is 2.40 bits per heavy atom. The smallest absolute Gasteiger partial charge is 0.416 e. The van der Waals surface area contributed by atoms with Crippen molar-refractivity contribution in [3.63, 3.8) is 0 Å². The monoisotopic (exact) mass is 358 g/mol. The highest BCUT2D eigenvalue weighted by molar-refractivity contribution is 5.95. The van der Waals surface area contributed by atoms with E-state index < -0.39 is 30.3 Å². The summed E-state index contributed by atoms with van der Waals surface area (Å²) in [6.45, 7) is 1.60. The molecule has 1 aromatic rings. The standard InChI is InChI=1S/C17H21F3N2O3/c1-11-4-2-3-5-14(11)21-16(24)22-15(23)10-25-13-8-6-12(7-9-13)17(18,19)20/h6-9,11,14H,2-5,10H2,1H3,(H2,21,22,23,24)/t11-,14-/m1/s1. The minimum Gasteiger partial charge on any atom is -0.484 e. The highest BCUT2D eigenvalue weighted by atomic mass is 19.4. The summed E-state index contributed by atoms with van der Waals surface area (Å²) < 4.78 is 42.4. The third-order valence-corrected chi connectivity index (χ3v) is 4.23. The Balaban J connectivity index is 1.75. The maximum absolute atomic E-state index is 12.4. The fourth-order valence-corrected chi connectivity index (χ4v) is 2.79. The van der Waals surface area contributed by atoms with Crippen LogP contribution in [0.1, 0.15) is 38.2 Å². The Labute approximate surface area is 143 Å². The zero-order valence-electron chi connectivity index (χ0n) is 13.9. The summed E-state index contributed by atoms with van der Waals surface area (Å²) in [5.41, 5.74) is -0.801. The summed E-state index contributed by atoms with van der Waals surface area (Å²) in [6, 6.07) is 3.44. The van der Waals surface area contributed by atoms with E-state index in [0.717, 1.165) is 49.9 Å². The van der Waals surface area contributed by atoms with Crippen LogP contribution in [0.15, 0.2) is 24.3 Å². The number of hydrogen-bond donors (Lipinski definition) is 2. The number of nitrogens with one attached hydrogen (secondary N) is 2. The second kappa shape index (κ2) is 8.22. The molecule has 0 radical (unpaired) electrons. The van der Waals surface area contributed by atoms with Gasteiger partial charge in [0.15, 0.2) is 6.61 Å². The largest absolute Gasteiger partial charge is 0.484 e. The van der Waals surface area contributed by atoms with Gasteiger partial charge in [0.1, 0.15) is 5.75 Å². The van der Waals surface area contributed by atoms with Crippen molar-refractivity contribution in [2.45, 2.75) is 44.8 Å². The highest BCUT2D eigenvalue weighted by Gasteiger charge is 2.30. The number of alkyl halides is 3. The van der Waals surface area contributed by atoms with E-state index in [1.165, 1.54) is 0 Å². The van der Waals surface area contributed by atoms with Crippen LogP contribution < -0.4 is 15.4 Å². The number of carbonyl (C=O) groups is 2. The molecule has 2 atom stereocenters. The number of hydrogen-bond acceptors (Lipinski definition) is 3. The molecule has 25 heavy (non-hydrogen) atoms. The van der Waals surface area contributed by atoms with Crippen molar-refractivity contribution in [1.82, 2.24) is 10.6 Å². The lowest BCUT2D eigenvalue weighted by Gasteiger charge is -2.29. The van der Waals surface area contributed by atoms with Crippen LogP contribution in [0, 0.1) is 5.92 Å². The number of urea groups is 1. The molecule has 138 valence electrons. The van der Waals surface area contributed by atoms with E-state index in [2.05, 4.69) is 17.6 Å². The molecule has 0 heterocycles. The number of halogens is 3. The number of rotatable bonds is 4. The van der Waals surface area contributed by atoms with Gasteiger partial charge in [0.2, 0.25) is 0 Å². The fourth-order valence-electron chi connectivity index (χ4n) is 2.79. The van der Waals surface area contributed by atoms with Gasteiger partial charge in [-0.2, -0.15) is 13.2 Å². The minimum atomic E-state index is -4.43. The van der Waals surface area contributed by atoms with Crippen LogP contribution >= 0.6 is 0 Å². The molecule has 1 fully saturated rings. The quantitative estimate of drug-likeness (QED) is 0.866. The zero-order valence-corrected chi connectivity index (χ0v) is 13.9. The molecule has 0 spiro atoms. The van der Waals surface area contributed by atoms with Gasteiger partial charge < -0.3 is 10.1 Å². The molecular formula is C17H21F3N2O3. The molecule has 0 saturated heterocycles. The van der Waals surface area contributed by atoms with E-state index in [-0.39, 0.29) is 11.8 Å². The van der Waals surface area contributed by atoms with Crippen molar-refractivity contribution in [1.29, 1.82) is 0 Å². The summed E-state index contributed by atoms with van der Waals surface area (Å²) in [4.78, 5) is 23.5. The van der Waals surface area contributed by atoms with E-state index in [1.54, 1.807) is 0 Å². The molecule has 2 N–H and O–H groups in total. The topological polar surface area (TPSA) is 67.4 Å². The predicted molar refractivity (Wildman–Crippen MR) is 85.0 cm³/mol. The van der Waals surface area contributed by atoms with E-state index in [0.29, 0.717) is 5.92 Å². The molecule has 8 heteroatoms. The third kappa shape index (κ3) is 5.95. The Morgan fingerprint density at radius 2 is 1.80 bits per heavy atom. The van der Waals surface area contributed by atoms with Crippen LogP contribution in [-0.4, -0.2) is 24.6 Å². The molecule has 3 amide bonds. The zero-order chi connectivity index (χ0) is 18.4. The molecule has 0 aliphatic heterocycles. The number of benzene rings is 1. The lowest BCUT2D eigenvalue weighted by molar-refractivity contribution is -0.137. The summed E-state index contributed by atoms with van der Waals surface area (Å²) in [5.74, 6) is -0.191. The van der Waals surface area contributed by atoms with Crippen LogP contribution in [0.3, 0.4) is 0 Å². The summed E-state index contributed by atoms with van der Waals surface area (Å²) in [6.07, 6.45) is -0.327. The van der Waals surface area contributed by atoms with Crippen molar-refractivity contribution in [2.75, 3.05) is 6.61 Å². The van der Waals surface area contributed by atoms with Gasteiger partial charge in [0, 0.05) is 6.04 Å². The maximum atomic E-state index is 12.4. The Bertz CT molecular complexity index is 602. The van der Waals surface area contributed by atoms with E-state index in [1.807, 2.05) is 0 Å². The van der Waals surface area contributed by atoms with Crippen LogP contribution in [0.5, 0.6) is 5.75 Å². The maximum Gasteiger partial charge on any atom is 0.416 e. The summed E-state index contributed by atoms with van der Waals surface area (Å²) in [7, 11) is 0. The average molecular weight is 358 g/mol. The SMILES string of the molecule is C[C@@H]1CCCC[C@H]1NC(=O)NC(=O)COc1ccc(C(F)(F)F)cc1.